The van der Waals surface area contributed by atoms with Gasteiger partial charge in [0.15, 0.2) is 0 Å². The molecule has 0 spiro atoms. The average Bonchev–Trinajstić information content (AvgIpc) is 3.36. The quantitative estimate of drug-likeness (QED) is 0.108. The minimum absolute atomic E-state index is 0.0742. The van der Waals surface area contributed by atoms with Crippen LogP contribution in [0, 0.1) is 51.4 Å². The van der Waals surface area contributed by atoms with Crippen LogP contribution in [0.15, 0.2) is 121 Å². The van der Waals surface area contributed by atoms with Crippen LogP contribution in [0.3, 0.4) is 0 Å². The van der Waals surface area contributed by atoms with Gasteiger partial charge in [0.2, 0.25) is 0 Å². The number of rotatable bonds is 13. The molecule has 0 N–H and O–H groups in total. The van der Waals surface area contributed by atoms with E-state index in [9.17, 15) is 0 Å². The van der Waals surface area contributed by atoms with Crippen molar-refractivity contribution in [1.29, 1.82) is 0 Å². The summed E-state index contributed by atoms with van der Waals surface area (Å²) >= 11 is 0. The molecule has 0 amide bonds. The second kappa shape index (κ2) is 28.2. The molecule has 8 rings (SSSR count). The maximum Gasteiger partial charge on any atom is 0.463 e. The number of aryl methyl sites for hydroxylation is 4. The minimum Gasteiger partial charge on any atom is -0.417 e. The standard InChI is InChI=1S/C50H56O6P2.4C2H6/c1-33-23-27-49(55-57(51-45-21-13-7-15-37(45)5)53-47-29-25-35(3)39-17-9-11-19-41(39)47)43(31-33)44-32-34(2)24-28-50(44)56-58(52-46-22-14-8-16-38(46)6)54-48-30-26-36(4)40-18-10-12-20-42(40)48;4*1-2/h7-22,25-26,29-30,33-34,43-44,49-50H,23-24,27-28,31-32H2,1-6H3;4*1-2H3. The highest BCUT2D eigenvalue weighted by molar-refractivity contribution is 7.43. The van der Waals surface area contributed by atoms with Crippen LogP contribution in [-0.2, 0) is 9.05 Å². The van der Waals surface area contributed by atoms with Crippen LogP contribution >= 0.6 is 17.2 Å². The Morgan fingerprint density at radius 3 is 1.03 bits per heavy atom. The minimum atomic E-state index is -1.82. The van der Waals surface area contributed by atoms with E-state index in [-0.39, 0.29) is 24.0 Å². The van der Waals surface area contributed by atoms with Crippen LogP contribution in [-0.4, -0.2) is 12.2 Å². The summed E-state index contributed by atoms with van der Waals surface area (Å²) in [5, 5.41) is 4.44. The maximum absolute atomic E-state index is 7.21. The summed E-state index contributed by atoms with van der Waals surface area (Å²) in [6.07, 6.45) is 5.97. The van der Waals surface area contributed by atoms with Gasteiger partial charge in [0.25, 0.3) is 0 Å². The molecule has 8 atom stereocenters. The van der Waals surface area contributed by atoms with Gasteiger partial charge in [0.1, 0.15) is 23.0 Å². The Hall–Kier alpha value is -4.18. The molecule has 8 heteroatoms. The lowest BCUT2D eigenvalue weighted by molar-refractivity contribution is -0.0362. The van der Waals surface area contributed by atoms with Crippen molar-refractivity contribution < 1.29 is 27.1 Å². The van der Waals surface area contributed by atoms with E-state index >= 15 is 0 Å². The Balaban J connectivity index is 0.00000113. The van der Waals surface area contributed by atoms with E-state index in [1.807, 2.05) is 91.8 Å². The number of hydrogen-bond donors (Lipinski definition) is 0. The lowest BCUT2D eigenvalue weighted by atomic mass is 9.66. The van der Waals surface area contributed by atoms with Crippen LogP contribution in [0.1, 0.15) is 130 Å². The molecule has 0 aliphatic heterocycles. The first-order valence-corrected chi connectivity index (χ1v) is 27.1. The predicted octanol–water partition coefficient (Wildman–Crippen LogP) is 19.0. The van der Waals surface area contributed by atoms with Crippen molar-refractivity contribution in [3.05, 3.63) is 144 Å². The lowest BCUT2D eigenvalue weighted by Gasteiger charge is -2.45. The molecule has 0 saturated heterocycles. The Labute approximate surface area is 402 Å². The molecule has 0 radical (unpaired) electrons. The second-order valence-corrected chi connectivity index (χ2v) is 18.7. The molecule has 6 nitrogen and oxygen atoms in total. The monoisotopic (exact) mass is 935 g/mol. The fourth-order valence-electron chi connectivity index (χ4n) is 8.94. The van der Waals surface area contributed by atoms with Gasteiger partial charge >= 0.3 is 17.2 Å². The van der Waals surface area contributed by atoms with E-state index < -0.39 is 17.2 Å². The fourth-order valence-corrected chi connectivity index (χ4v) is 11.5. The lowest BCUT2D eigenvalue weighted by Crippen LogP contribution is -2.43. The maximum atomic E-state index is 7.21. The Morgan fingerprint density at radius 1 is 0.348 bits per heavy atom. The molecule has 0 heterocycles. The van der Waals surface area contributed by atoms with Gasteiger partial charge in [-0.2, -0.15) is 0 Å². The Bertz CT molecular complexity index is 2170. The summed E-state index contributed by atoms with van der Waals surface area (Å²) in [4.78, 5) is 0. The van der Waals surface area contributed by atoms with E-state index in [4.69, 9.17) is 27.1 Å². The van der Waals surface area contributed by atoms with Crippen molar-refractivity contribution in [3.63, 3.8) is 0 Å². The van der Waals surface area contributed by atoms with Gasteiger partial charge in [0.05, 0.1) is 12.2 Å². The zero-order valence-electron chi connectivity index (χ0n) is 42.6. The van der Waals surface area contributed by atoms with E-state index in [1.165, 1.54) is 11.1 Å². The molecular weight excluding hydrogens is 855 g/mol. The van der Waals surface area contributed by atoms with Crippen LogP contribution < -0.4 is 18.1 Å². The molecule has 2 saturated carbocycles. The molecule has 2 aliphatic rings. The smallest absolute Gasteiger partial charge is 0.417 e. The molecule has 66 heavy (non-hydrogen) atoms. The molecule has 6 aromatic carbocycles. The van der Waals surface area contributed by atoms with Crippen molar-refractivity contribution >= 4 is 38.7 Å². The SMILES string of the molecule is CC.CC.CC.CC.Cc1ccccc1OP(Oc1ccc(C)c2ccccc12)OC1CCC(C)CC1C1CC(C)CCC1OP(Oc1ccccc1C)Oc1ccc(C)c2ccccc12. The summed E-state index contributed by atoms with van der Waals surface area (Å²) in [5.74, 6) is 4.69. The van der Waals surface area contributed by atoms with E-state index in [0.717, 1.165) is 94.2 Å². The summed E-state index contributed by atoms with van der Waals surface area (Å²) in [7, 11) is -3.63. The summed E-state index contributed by atoms with van der Waals surface area (Å²) in [5.41, 5.74) is 4.50. The first-order valence-electron chi connectivity index (χ1n) is 24.9. The molecular formula is C58H80O6P2. The third-order valence-electron chi connectivity index (χ3n) is 12.3. The molecule has 0 aromatic heterocycles. The number of hydrogen-bond acceptors (Lipinski definition) is 6. The predicted molar refractivity (Wildman–Crippen MR) is 284 cm³/mol. The van der Waals surface area contributed by atoms with Crippen LogP contribution in [0.5, 0.6) is 23.0 Å². The van der Waals surface area contributed by atoms with Crippen molar-refractivity contribution in [1.82, 2.24) is 0 Å². The van der Waals surface area contributed by atoms with Gasteiger partial charge in [-0.25, -0.2) is 0 Å². The molecule has 8 unspecified atom stereocenters. The van der Waals surface area contributed by atoms with Gasteiger partial charge in [-0.05, 0) is 147 Å². The van der Waals surface area contributed by atoms with Crippen molar-refractivity contribution in [2.75, 3.05) is 0 Å². The van der Waals surface area contributed by atoms with Crippen molar-refractivity contribution in [2.24, 2.45) is 23.7 Å². The first kappa shape index (κ1) is 54.4. The highest BCUT2D eigenvalue weighted by Crippen LogP contribution is 2.54. The van der Waals surface area contributed by atoms with Gasteiger partial charge in [-0.1, -0.05) is 166 Å². The van der Waals surface area contributed by atoms with E-state index in [2.05, 4.69) is 126 Å². The summed E-state index contributed by atoms with van der Waals surface area (Å²) in [6, 6.07) is 41.4. The second-order valence-electron chi connectivity index (χ2n) is 16.6. The Kier molecular flexibility index (Phi) is 23.3. The van der Waals surface area contributed by atoms with Gasteiger partial charge in [-0.3, -0.25) is 9.05 Å². The highest BCUT2D eigenvalue weighted by Gasteiger charge is 2.45. The molecule has 0 bridgehead atoms. The van der Waals surface area contributed by atoms with Crippen LogP contribution in [0.4, 0.5) is 0 Å². The van der Waals surface area contributed by atoms with E-state index in [1.54, 1.807) is 0 Å². The van der Waals surface area contributed by atoms with E-state index in [0.29, 0.717) is 11.8 Å². The number of para-hydroxylation sites is 2. The first-order chi connectivity index (χ1) is 32.2. The molecule has 2 aliphatic carbocycles. The van der Waals surface area contributed by atoms with Crippen LogP contribution in [0.2, 0.25) is 0 Å². The van der Waals surface area contributed by atoms with Gasteiger partial charge in [-0.15, -0.1) is 0 Å². The van der Waals surface area contributed by atoms with Crippen molar-refractivity contribution in [3.8, 4) is 23.0 Å². The zero-order chi connectivity index (χ0) is 48.2. The zero-order valence-corrected chi connectivity index (χ0v) is 44.4. The largest absolute Gasteiger partial charge is 0.463 e. The Morgan fingerprint density at radius 2 is 0.667 bits per heavy atom. The third kappa shape index (κ3) is 14.4. The number of benzene rings is 6. The third-order valence-corrected chi connectivity index (χ3v) is 14.5. The molecule has 2 fully saturated rings. The fraction of sp³-hybridized carbons (Fsp3) is 0.448. The highest BCUT2D eigenvalue weighted by atomic mass is 31.2. The number of fused-ring (bicyclic) bond motifs is 2. The van der Waals surface area contributed by atoms with Gasteiger partial charge in [0, 0.05) is 10.8 Å². The van der Waals surface area contributed by atoms with Gasteiger partial charge < -0.3 is 18.1 Å². The molecule has 6 aromatic rings. The summed E-state index contributed by atoms with van der Waals surface area (Å²) < 4.78 is 41.6. The topological polar surface area (TPSA) is 55.4 Å². The molecule has 358 valence electrons. The summed E-state index contributed by atoms with van der Waals surface area (Å²) in [6.45, 7) is 29.2. The average molecular weight is 935 g/mol. The normalized spacial score (nSPS) is 20.8. The van der Waals surface area contributed by atoms with Crippen LogP contribution in [0.25, 0.3) is 21.5 Å². The van der Waals surface area contributed by atoms with Crippen molar-refractivity contribution in [2.45, 2.75) is 148 Å².